The zero-order chi connectivity index (χ0) is 21.8. The third kappa shape index (κ3) is 4.80. The third-order valence-electron chi connectivity index (χ3n) is 6.09. The van der Waals surface area contributed by atoms with Crippen LogP contribution in [0.3, 0.4) is 0 Å². The molecule has 1 aliphatic heterocycles. The van der Waals surface area contributed by atoms with Gasteiger partial charge in [0.2, 0.25) is 0 Å². The monoisotopic (exact) mass is 441 g/mol. The molecule has 3 aromatic carbocycles. The van der Waals surface area contributed by atoms with Gasteiger partial charge >= 0.3 is 0 Å². The van der Waals surface area contributed by atoms with Crippen LogP contribution in [0.2, 0.25) is 0 Å². The number of carbonyl (C=O) groups excluding carboxylic acids is 1. The molecule has 1 aliphatic rings. The number of ketones is 1. The van der Waals surface area contributed by atoms with E-state index < -0.39 is 0 Å². The van der Waals surface area contributed by atoms with E-state index in [4.69, 9.17) is 0 Å². The summed E-state index contributed by atoms with van der Waals surface area (Å²) < 4.78 is 1.15. The Balaban J connectivity index is 1.21. The van der Waals surface area contributed by atoms with Gasteiger partial charge in [0.1, 0.15) is 5.01 Å². The summed E-state index contributed by atoms with van der Waals surface area (Å²) in [6.07, 6.45) is 0.427. The Labute approximate surface area is 193 Å². The Morgan fingerprint density at radius 1 is 0.812 bits per heavy atom. The van der Waals surface area contributed by atoms with Crippen molar-refractivity contribution < 1.29 is 4.79 Å². The first-order valence-electron chi connectivity index (χ1n) is 11.2. The van der Waals surface area contributed by atoms with Crippen LogP contribution in [0.4, 0.5) is 0 Å². The molecule has 162 valence electrons. The molecule has 1 fully saturated rings. The van der Waals surface area contributed by atoms with Crippen molar-refractivity contribution in [3.05, 3.63) is 101 Å². The zero-order valence-corrected chi connectivity index (χ0v) is 18.9. The Morgan fingerprint density at radius 3 is 2.03 bits per heavy atom. The molecule has 1 aromatic heterocycles. The molecule has 0 spiro atoms. The van der Waals surface area contributed by atoms with Gasteiger partial charge in [-0.25, -0.2) is 4.98 Å². The van der Waals surface area contributed by atoms with Gasteiger partial charge < -0.3 is 0 Å². The molecule has 0 aliphatic carbocycles. The molecule has 32 heavy (non-hydrogen) atoms. The largest absolute Gasteiger partial charge is 0.298 e. The lowest BCUT2D eigenvalue weighted by molar-refractivity contribution is -0.120. The average molecular weight is 442 g/mol. The second kappa shape index (κ2) is 9.74. The first-order chi connectivity index (χ1) is 15.8. The Kier molecular flexibility index (Phi) is 6.39. The predicted molar refractivity (Wildman–Crippen MR) is 131 cm³/mol. The van der Waals surface area contributed by atoms with E-state index in [1.165, 1.54) is 11.1 Å². The second-order valence-corrected chi connectivity index (χ2v) is 9.44. The summed E-state index contributed by atoms with van der Waals surface area (Å²) in [6.45, 7) is 4.21. The Morgan fingerprint density at radius 2 is 1.41 bits per heavy atom. The maximum atomic E-state index is 12.7. The molecule has 2 heterocycles. The van der Waals surface area contributed by atoms with Crippen molar-refractivity contribution in [1.82, 2.24) is 14.8 Å². The standard InChI is InChI=1S/C27H27N3OS/c31-23(19-26-28-24-13-7-8-14-25(24)32-26)20-29-15-17-30(18-16-29)27(21-9-3-1-4-10-21)22-11-5-2-6-12-22/h1-14,27H,15-20H2. The SMILES string of the molecule is O=C(Cc1nc2ccccc2s1)CN1CCN(C(c2ccccc2)c2ccccc2)CC1. The van der Waals surface area contributed by atoms with Crippen LogP contribution < -0.4 is 0 Å². The van der Waals surface area contributed by atoms with E-state index in [9.17, 15) is 4.79 Å². The average Bonchev–Trinajstić information content (AvgIpc) is 3.24. The number of para-hydroxylation sites is 1. The van der Waals surface area contributed by atoms with Crippen LogP contribution in [0.5, 0.6) is 0 Å². The Bertz CT molecular complexity index is 1090. The number of Topliss-reactive ketones (excluding diaryl/α,β-unsaturated/α-hetero) is 1. The van der Waals surface area contributed by atoms with Crippen molar-refractivity contribution in [3.8, 4) is 0 Å². The fourth-order valence-corrected chi connectivity index (χ4v) is 5.53. The number of nitrogens with zero attached hydrogens (tertiary/aromatic N) is 3. The highest BCUT2D eigenvalue weighted by atomic mass is 32.1. The van der Waals surface area contributed by atoms with Gasteiger partial charge in [-0.2, -0.15) is 0 Å². The minimum absolute atomic E-state index is 0.248. The highest BCUT2D eigenvalue weighted by Crippen LogP contribution is 2.29. The number of benzene rings is 3. The molecule has 4 aromatic rings. The maximum Gasteiger partial charge on any atom is 0.153 e. The van der Waals surface area contributed by atoms with Crippen LogP contribution in [-0.2, 0) is 11.2 Å². The maximum absolute atomic E-state index is 12.7. The first-order valence-corrected chi connectivity index (χ1v) is 12.0. The topological polar surface area (TPSA) is 36.4 Å². The molecule has 5 rings (SSSR count). The summed E-state index contributed by atoms with van der Waals surface area (Å²) in [5, 5.41) is 0.919. The molecular formula is C27H27N3OS. The summed E-state index contributed by atoms with van der Waals surface area (Å²) in [5.41, 5.74) is 3.62. The first kappa shape index (κ1) is 21.0. The van der Waals surface area contributed by atoms with Crippen LogP contribution in [0, 0.1) is 0 Å². The zero-order valence-electron chi connectivity index (χ0n) is 18.1. The highest BCUT2D eigenvalue weighted by molar-refractivity contribution is 7.18. The minimum Gasteiger partial charge on any atom is -0.298 e. The summed E-state index contributed by atoms with van der Waals surface area (Å²) in [7, 11) is 0. The molecule has 4 nitrogen and oxygen atoms in total. The number of aromatic nitrogens is 1. The molecule has 0 unspecified atom stereocenters. The fraction of sp³-hybridized carbons (Fsp3) is 0.259. The molecule has 0 N–H and O–H groups in total. The van der Waals surface area contributed by atoms with Gasteiger partial charge in [-0.1, -0.05) is 72.8 Å². The molecule has 5 heteroatoms. The van der Waals surface area contributed by atoms with Crippen molar-refractivity contribution in [2.45, 2.75) is 12.5 Å². The van der Waals surface area contributed by atoms with Gasteiger partial charge in [-0.05, 0) is 23.3 Å². The Hall–Kier alpha value is -2.86. The van der Waals surface area contributed by atoms with E-state index >= 15 is 0 Å². The number of carbonyl (C=O) groups is 1. The van der Waals surface area contributed by atoms with Crippen LogP contribution in [0.1, 0.15) is 22.2 Å². The number of fused-ring (bicyclic) bond motifs is 1. The normalized spacial score (nSPS) is 15.4. The number of thiazole rings is 1. The highest BCUT2D eigenvalue weighted by Gasteiger charge is 2.27. The van der Waals surface area contributed by atoms with Gasteiger partial charge in [0.05, 0.1) is 29.2 Å². The fourth-order valence-electron chi connectivity index (χ4n) is 4.53. The molecule has 0 amide bonds. The van der Waals surface area contributed by atoms with E-state index in [-0.39, 0.29) is 11.8 Å². The minimum atomic E-state index is 0.248. The lowest BCUT2D eigenvalue weighted by Crippen LogP contribution is -2.49. The second-order valence-electron chi connectivity index (χ2n) is 8.33. The van der Waals surface area contributed by atoms with Crippen molar-refractivity contribution in [2.24, 2.45) is 0 Å². The quantitative estimate of drug-likeness (QED) is 0.412. The number of hydrogen-bond donors (Lipinski definition) is 0. The van der Waals surface area contributed by atoms with E-state index in [0.29, 0.717) is 13.0 Å². The van der Waals surface area contributed by atoms with Crippen LogP contribution >= 0.6 is 11.3 Å². The smallest absolute Gasteiger partial charge is 0.153 e. The molecular weight excluding hydrogens is 414 g/mol. The van der Waals surface area contributed by atoms with Gasteiger partial charge in [-0.15, -0.1) is 11.3 Å². The van der Waals surface area contributed by atoms with E-state index in [2.05, 4.69) is 81.5 Å². The van der Waals surface area contributed by atoms with Gasteiger partial charge in [-0.3, -0.25) is 14.6 Å². The summed E-state index contributed by atoms with van der Waals surface area (Å²) in [6, 6.07) is 29.8. The van der Waals surface area contributed by atoms with Gasteiger partial charge in [0.15, 0.2) is 5.78 Å². The van der Waals surface area contributed by atoms with Crippen LogP contribution in [0.15, 0.2) is 84.9 Å². The lowest BCUT2D eigenvalue weighted by Gasteiger charge is -2.39. The number of hydrogen-bond acceptors (Lipinski definition) is 5. The third-order valence-corrected chi connectivity index (χ3v) is 7.13. The number of rotatable bonds is 7. The summed E-state index contributed by atoms with van der Waals surface area (Å²) in [5.74, 6) is 0.250. The van der Waals surface area contributed by atoms with E-state index in [1.807, 2.05) is 18.2 Å². The lowest BCUT2D eigenvalue weighted by atomic mass is 9.96. The number of piperazine rings is 1. The van der Waals surface area contributed by atoms with Crippen LogP contribution in [0.25, 0.3) is 10.2 Å². The van der Waals surface area contributed by atoms with Gasteiger partial charge in [0.25, 0.3) is 0 Å². The van der Waals surface area contributed by atoms with Crippen molar-refractivity contribution >= 4 is 27.3 Å². The van der Waals surface area contributed by atoms with Crippen molar-refractivity contribution in [2.75, 3.05) is 32.7 Å². The molecule has 0 radical (unpaired) electrons. The predicted octanol–water partition coefficient (Wildman–Crippen LogP) is 4.82. The van der Waals surface area contributed by atoms with E-state index in [0.717, 1.165) is 41.4 Å². The molecule has 1 saturated heterocycles. The summed E-state index contributed by atoms with van der Waals surface area (Å²) in [4.78, 5) is 22.2. The molecule has 0 bridgehead atoms. The van der Waals surface area contributed by atoms with Crippen molar-refractivity contribution in [1.29, 1.82) is 0 Å². The summed E-state index contributed by atoms with van der Waals surface area (Å²) >= 11 is 1.63. The molecule has 0 saturated carbocycles. The molecule has 0 atom stereocenters. The van der Waals surface area contributed by atoms with Crippen LogP contribution in [-0.4, -0.2) is 53.3 Å². The van der Waals surface area contributed by atoms with Gasteiger partial charge in [0, 0.05) is 26.2 Å². The van der Waals surface area contributed by atoms with E-state index in [1.54, 1.807) is 11.3 Å². The van der Waals surface area contributed by atoms with Crippen molar-refractivity contribution in [3.63, 3.8) is 0 Å².